The van der Waals surface area contributed by atoms with Gasteiger partial charge in [-0.3, -0.25) is 0 Å². The van der Waals surface area contributed by atoms with Gasteiger partial charge in [0, 0.05) is 12.6 Å². The summed E-state index contributed by atoms with van der Waals surface area (Å²) < 4.78 is 0. The molecule has 6 nitrogen and oxygen atoms in total. The number of piperidine rings is 1. The quantitative estimate of drug-likeness (QED) is 0.693. The summed E-state index contributed by atoms with van der Waals surface area (Å²) in [6, 6.07) is -0.897. The standard InChI is InChI=1S/C13H25N3O3/c1-4-16(10-5-7-14-8-6-10)13(19)15-11(9(2)3)12(17)18/h9-11,14H,4-8H2,1-3H3,(H,15,19)(H,17,18). The fraction of sp³-hybridized carbons (Fsp3) is 0.846. The summed E-state index contributed by atoms with van der Waals surface area (Å²) in [5.41, 5.74) is 0. The van der Waals surface area contributed by atoms with Crippen molar-refractivity contribution in [1.29, 1.82) is 0 Å². The van der Waals surface area contributed by atoms with Crippen molar-refractivity contribution in [2.75, 3.05) is 19.6 Å². The lowest BCUT2D eigenvalue weighted by Gasteiger charge is -2.35. The monoisotopic (exact) mass is 271 g/mol. The molecule has 1 aliphatic heterocycles. The minimum Gasteiger partial charge on any atom is -0.480 e. The van der Waals surface area contributed by atoms with Gasteiger partial charge in [0.2, 0.25) is 0 Å². The maximum absolute atomic E-state index is 12.2. The number of carboxylic acid groups (broad SMARTS) is 1. The molecule has 0 bridgehead atoms. The van der Waals surface area contributed by atoms with Gasteiger partial charge in [-0.1, -0.05) is 13.8 Å². The van der Waals surface area contributed by atoms with Gasteiger partial charge < -0.3 is 20.6 Å². The van der Waals surface area contributed by atoms with Crippen LogP contribution in [0.5, 0.6) is 0 Å². The normalized spacial score (nSPS) is 18.1. The van der Waals surface area contributed by atoms with E-state index in [-0.39, 0.29) is 18.0 Å². The van der Waals surface area contributed by atoms with Crippen molar-refractivity contribution in [3.05, 3.63) is 0 Å². The molecule has 0 aromatic rings. The summed E-state index contributed by atoms with van der Waals surface area (Å²) in [5.74, 6) is -1.11. The zero-order valence-electron chi connectivity index (χ0n) is 12.0. The first-order chi connectivity index (χ1) is 8.97. The molecule has 1 heterocycles. The Kier molecular flexibility index (Phi) is 6.08. The van der Waals surface area contributed by atoms with Gasteiger partial charge in [0.15, 0.2) is 0 Å². The predicted molar refractivity (Wildman–Crippen MR) is 73.1 cm³/mol. The first kappa shape index (κ1) is 15.8. The molecule has 0 aromatic carbocycles. The second-order valence-electron chi connectivity index (χ2n) is 5.28. The van der Waals surface area contributed by atoms with Gasteiger partial charge in [-0.15, -0.1) is 0 Å². The number of hydrogen-bond acceptors (Lipinski definition) is 3. The third kappa shape index (κ3) is 4.38. The molecule has 110 valence electrons. The van der Waals surface area contributed by atoms with E-state index in [0.717, 1.165) is 25.9 Å². The number of carbonyl (C=O) groups is 2. The summed E-state index contributed by atoms with van der Waals surface area (Å²) in [4.78, 5) is 25.1. The van der Waals surface area contributed by atoms with Crippen LogP contribution in [0.2, 0.25) is 0 Å². The van der Waals surface area contributed by atoms with Gasteiger partial charge in [0.1, 0.15) is 6.04 Å². The Bertz CT molecular complexity index is 314. The summed E-state index contributed by atoms with van der Waals surface area (Å²) in [6.45, 7) is 7.91. The van der Waals surface area contributed by atoms with Crippen LogP contribution in [0, 0.1) is 5.92 Å². The molecular formula is C13H25N3O3. The van der Waals surface area contributed by atoms with Crippen LogP contribution in [0.4, 0.5) is 4.79 Å². The van der Waals surface area contributed by atoms with E-state index < -0.39 is 12.0 Å². The van der Waals surface area contributed by atoms with Crippen LogP contribution in [0.25, 0.3) is 0 Å². The van der Waals surface area contributed by atoms with Gasteiger partial charge in [0.05, 0.1) is 0 Å². The predicted octanol–water partition coefficient (Wildman–Crippen LogP) is 0.879. The summed E-state index contributed by atoms with van der Waals surface area (Å²) in [6.07, 6.45) is 1.83. The van der Waals surface area contributed by atoms with Crippen LogP contribution < -0.4 is 10.6 Å². The fourth-order valence-corrected chi connectivity index (χ4v) is 2.42. The van der Waals surface area contributed by atoms with Crippen molar-refractivity contribution in [2.24, 2.45) is 5.92 Å². The van der Waals surface area contributed by atoms with Crippen LogP contribution in [0.1, 0.15) is 33.6 Å². The molecule has 1 saturated heterocycles. The van der Waals surface area contributed by atoms with Crippen LogP contribution in [-0.2, 0) is 4.79 Å². The van der Waals surface area contributed by atoms with E-state index in [0.29, 0.717) is 6.54 Å². The first-order valence-corrected chi connectivity index (χ1v) is 6.98. The van der Waals surface area contributed by atoms with Crippen molar-refractivity contribution in [3.63, 3.8) is 0 Å². The molecule has 0 saturated carbocycles. The largest absolute Gasteiger partial charge is 0.480 e. The van der Waals surface area contributed by atoms with E-state index in [1.165, 1.54) is 0 Å². The minimum atomic E-state index is -0.982. The SMILES string of the molecule is CCN(C(=O)NC(C(=O)O)C(C)C)C1CCNCC1. The Balaban J connectivity index is 2.64. The van der Waals surface area contributed by atoms with Gasteiger partial charge in [-0.2, -0.15) is 0 Å². The molecule has 19 heavy (non-hydrogen) atoms. The second kappa shape index (κ2) is 7.33. The molecule has 1 rings (SSSR count). The molecule has 0 aliphatic carbocycles. The Hall–Kier alpha value is -1.30. The van der Waals surface area contributed by atoms with Crippen molar-refractivity contribution in [3.8, 4) is 0 Å². The van der Waals surface area contributed by atoms with Crippen LogP contribution >= 0.6 is 0 Å². The van der Waals surface area contributed by atoms with Crippen LogP contribution in [0.15, 0.2) is 0 Å². The first-order valence-electron chi connectivity index (χ1n) is 6.98. The van der Waals surface area contributed by atoms with E-state index in [1.54, 1.807) is 18.7 Å². The second-order valence-corrected chi connectivity index (χ2v) is 5.28. The number of carboxylic acids is 1. The van der Waals surface area contributed by atoms with Crippen molar-refractivity contribution < 1.29 is 14.7 Å². The number of rotatable bonds is 5. The molecular weight excluding hydrogens is 246 g/mol. The number of amides is 2. The topological polar surface area (TPSA) is 81.7 Å². The highest BCUT2D eigenvalue weighted by Crippen LogP contribution is 2.12. The molecule has 2 amide bonds. The van der Waals surface area contributed by atoms with Crippen molar-refractivity contribution >= 4 is 12.0 Å². The number of hydrogen-bond donors (Lipinski definition) is 3. The highest BCUT2D eigenvalue weighted by atomic mass is 16.4. The van der Waals surface area contributed by atoms with Gasteiger partial charge in [-0.25, -0.2) is 9.59 Å². The Morgan fingerprint density at radius 2 is 1.95 bits per heavy atom. The van der Waals surface area contributed by atoms with Crippen LogP contribution in [-0.4, -0.2) is 53.7 Å². The van der Waals surface area contributed by atoms with Gasteiger partial charge >= 0.3 is 12.0 Å². The highest BCUT2D eigenvalue weighted by Gasteiger charge is 2.29. The fourth-order valence-electron chi connectivity index (χ4n) is 2.42. The molecule has 1 fully saturated rings. The third-order valence-corrected chi connectivity index (χ3v) is 3.56. The summed E-state index contributed by atoms with van der Waals surface area (Å²) in [7, 11) is 0. The van der Waals surface area contributed by atoms with Crippen molar-refractivity contribution in [1.82, 2.24) is 15.5 Å². The van der Waals surface area contributed by atoms with Crippen molar-refractivity contribution in [2.45, 2.75) is 45.7 Å². The lowest BCUT2D eigenvalue weighted by molar-refractivity contribution is -0.140. The molecule has 0 radical (unpaired) electrons. The third-order valence-electron chi connectivity index (χ3n) is 3.56. The Labute approximate surface area is 114 Å². The van der Waals surface area contributed by atoms with E-state index in [1.807, 2.05) is 6.92 Å². The number of nitrogens with zero attached hydrogens (tertiary/aromatic N) is 1. The number of aliphatic carboxylic acids is 1. The lowest BCUT2D eigenvalue weighted by Crippen LogP contribution is -2.54. The van der Waals surface area contributed by atoms with E-state index in [9.17, 15) is 9.59 Å². The maximum Gasteiger partial charge on any atom is 0.326 e. The molecule has 0 aromatic heterocycles. The maximum atomic E-state index is 12.2. The average Bonchev–Trinajstić information content (AvgIpc) is 2.37. The molecule has 1 aliphatic rings. The zero-order chi connectivity index (χ0) is 14.4. The zero-order valence-corrected chi connectivity index (χ0v) is 12.0. The Morgan fingerprint density at radius 1 is 1.37 bits per heavy atom. The van der Waals surface area contributed by atoms with E-state index in [4.69, 9.17) is 5.11 Å². The molecule has 1 unspecified atom stereocenters. The molecule has 6 heteroatoms. The minimum absolute atomic E-state index is 0.131. The van der Waals surface area contributed by atoms with Crippen LogP contribution in [0.3, 0.4) is 0 Å². The Morgan fingerprint density at radius 3 is 2.37 bits per heavy atom. The molecule has 1 atom stereocenters. The number of nitrogens with one attached hydrogen (secondary N) is 2. The average molecular weight is 271 g/mol. The highest BCUT2D eigenvalue weighted by molar-refractivity contribution is 5.82. The number of urea groups is 1. The molecule has 3 N–H and O–H groups in total. The molecule has 0 spiro atoms. The lowest BCUT2D eigenvalue weighted by atomic mass is 10.0. The summed E-state index contributed by atoms with van der Waals surface area (Å²) in [5, 5.41) is 15.0. The van der Waals surface area contributed by atoms with E-state index in [2.05, 4.69) is 10.6 Å². The summed E-state index contributed by atoms with van der Waals surface area (Å²) >= 11 is 0. The van der Waals surface area contributed by atoms with Gasteiger partial charge in [-0.05, 0) is 38.8 Å². The number of carbonyl (C=O) groups excluding carboxylic acids is 1. The van der Waals surface area contributed by atoms with E-state index >= 15 is 0 Å². The van der Waals surface area contributed by atoms with Gasteiger partial charge in [0.25, 0.3) is 0 Å². The smallest absolute Gasteiger partial charge is 0.326 e.